The number of amidine groups is 1. The highest BCUT2D eigenvalue weighted by atomic mass is 16.5. The van der Waals surface area contributed by atoms with Gasteiger partial charge in [0, 0.05) is 0 Å². The Morgan fingerprint density at radius 3 is 2.78 bits per heavy atom. The standard InChI is InChI=1S/C12H13N3O3/c1-2-17-11(16)8-14-12(15-9-13)18-10-6-4-3-5-7-10/h3-7H,2,8H2,1H3,(H,14,15). The molecule has 0 radical (unpaired) electrons. The molecular weight excluding hydrogens is 234 g/mol. The van der Waals surface area contributed by atoms with Gasteiger partial charge in [0.2, 0.25) is 0 Å². The molecule has 0 amide bonds. The molecule has 94 valence electrons. The summed E-state index contributed by atoms with van der Waals surface area (Å²) in [6.45, 7) is 1.79. The number of carbonyl (C=O) groups excluding carboxylic acids is 1. The molecule has 6 nitrogen and oxygen atoms in total. The first-order valence-electron chi connectivity index (χ1n) is 5.34. The Labute approximate surface area is 105 Å². The Bertz CT molecular complexity index is 451. The normalized spacial score (nSPS) is 10.3. The van der Waals surface area contributed by atoms with E-state index in [1.807, 2.05) is 6.07 Å². The minimum absolute atomic E-state index is 0.0447. The summed E-state index contributed by atoms with van der Waals surface area (Å²) in [6, 6.07) is 8.77. The topological polar surface area (TPSA) is 83.7 Å². The van der Waals surface area contributed by atoms with Crippen LogP contribution in [0.25, 0.3) is 0 Å². The Morgan fingerprint density at radius 2 is 2.17 bits per heavy atom. The lowest BCUT2D eigenvalue weighted by molar-refractivity contribution is -0.141. The van der Waals surface area contributed by atoms with Crippen molar-refractivity contribution in [2.24, 2.45) is 4.99 Å². The molecule has 0 fully saturated rings. The quantitative estimate of drug-likeness (QED) is 0.283. The molecule has 0 heterocycles. The van der Waals surface area contributed by atoms with Crippen molar-refractivity contribution in [3.8, 4) is 11.9 Å². The van der Waals surface area contributed by atoms with E-state index in [2.05, 4.69) is 10.3 Å². The van der Waals surface area contributed by atoms with Crippen LogP contribution in [0, 0.1) is 11.5 Å². The summed E-state index contributed by atoms with van der Waals surface area (Å²) in [5, 5.41) is 10.8. The predicted octanol–water partition coefficient (Wildman–Crippen LogP) is 1.06. The van der Waals surface area contributed by atoms with Gasteiger partial charge in [-0.1, -0.05) is 18.2 Å². The number of benzene rings is 1. The lowest BCUT2D eigenvalue weighted by Crippen LogP contribution is -2.26. The number of ether oxygens (including phenoxy) is 2. The highest BCUT2D eigenvalue weighted by Gasteiger charge is 2.04. The summed E-state index contributed by atoms with van der Waals surface area (Å²) in [5.74, 6) is 0.0364. The van der Waals surface area contributed by atoms with E-state index in [4.69, 9.17) is 14.7 Å². The van der Waals surface area contributed by atoms with Gasteiger partial charge in [-0.3, -0.25) is 4.79 Å². The number of esters is 1. The molecule has 18 heavy (non-hydrogen) atoms. The van der Waals surface area contributed by atoms with Gasteiger partial charge < -0.3 is 9.47 Å². The molecule has 0 aliphatic carbocycles. The summed E-state index contributed by atoms with van der Waals surface area (Å²) in [5.41, 5.74) is 0. The Balaban J connectivity index is 2.62. The van der Waals surface area contributed by atoms with Gasteiger partial charge in [0.05, 0.1) is 6.61 Å². The zero-order chi connectivity index (χ0) is 13.2. The van der Waals surface area contributed by atoms with Crippen LogP contribution in [0.3, 0.4) is 0 Å². The fourth-order valence-electron chi connectivity index (χ4n) is 1.09. The number of aliphatic imine (C=N–C) groups is 1. The van der Waals surface area contributed by atoms with Crippen LogP contribution in [-0.2, 0) is 9.53 Å². The molecular formula is C12H13N3O3. The van der Waals surface area contributed by atoms with Gasteiger partial charge in [-0.2, -0.15) is 5.26 Å². The van der Waals surface area contributed by atoms with E-state index in [-0.39, 0.29) is 19.2 Å². The first kappa shape index (κ1) is 13.5. The molecule has 0 spiro atoms. The molecule has 0 bridgehead atoms. The summed E-state index contributed by atoms with van der Waals surface area (Å²) in [7, 11) is 0. The van der Waals surface area contributed by atoms with E-state index >= 15 is 0 Å². The fraction of sp³-hybridized carbons (Fsp3) is 0.250. The van der Waals surface area contributed by atoms with Gasteiger partial charge in [-0.25, -0.2) is 10.3 Å². The van der Waals surface area contributed by atoms with Crippen molar-refractivity contribution in [1.29, 1.82) is 5.26 Å². The predicted molar refractivity (Wildman–Crippen MR) is 64.8 cm³/mol. The Morgan fingerprint density at radius 1 is 1.44 bits per heavy atom. The second kappa shape index (κ2) is 7.68. The smallest absolute Gasteiger partial charge is 0.327 e. The zero-order valence-electron chi connectivity index (χ0n) is 9.92. The lowest BCUT2D eigenvalue weighted by Gasteiger charge is -2.06. The third-order valence-corrected chi connectivity index (χ3v) is 1.78. The van der Waals surface area contributed by atoms with Crippen LogP contribution in [-0.4, -0.2) is 25.1 Å². The van der Waals surface area contributed by atoms with Crippen LogP contribution in [0.1, 0.15) is 6.92 Å². The molecule has 1 aromatic rings. The first-order chi connectivity index (χ1) is 8.76. The maximum Gasteiger partial charge on any atom is 0.327 e. The van der Waals surface area contributed by atoms with Crippen LogP contribution in [0.2, 0.25) is 0 Å². The number of nitrogens with zero attached hydrogens (tertiary/aromatic N) is 2. The van der Waals surface area contributed by atoms with E-state index in [9.17, 15) is 4.79 Å². The number of para-hydroxylation sites is 1. The largest absolute Gasteiger partial charge is 0.465 e. The second-order valence-electron chi connectivity index (χ2n) is 3.08. The highest BCUT2D eigenvalue weighted by Crippen LogP contribution is 2.08. The molecule has 0 aromatic heterocycles. The molecule has 0 aliphatic heterocycles. The molecule has 0 unspecified atom stereocenters. The van der Waals surface area contributed by atoms with Crippen LogP contribution in [0.15, 0.2) is 35.3 Å². The third kappa shape index (κ3) is 4.99. The third-order valence-electron chi connectivity index (χ3n) is 1.78. The van der Waals surface area contributed by atoms with Crippen molar-refractivity contribution in [2.75, 3.05) is 13.2 Å². The van der Waals surface area contributed by atoms with Crippen molar-refractivity contribution in [3.63, 3.8) is 0 Å². The molecule has 1 N–H and O–H groups in total. The molecule has 0 saturated carbocycles. The number of nitriles is 1. The van der Waals surface area contributed by atoms with Crippen LogP contribution < -0.4 is 10.1 Å². The monoisotopic (exact) mass is 247 g/mol. The van der Waals surface area contributed by atoms with Crippen LogP contribution >= 0.6 is 0 Å². The van der Waals surface area contributed by atoms with Gasteiger partial charge in [0.25, 0.3) is 0 Å². The molecule has 0 saturated heterocycles. The molecule has 1 rings (SSSR count). The van der Waals surface area contributed by atoms with E-state index in [0.29, 0.717) is 5.75 Å². The van der Waals surface area contributed by atoms with E-state index in [1.54, 1.807) is 37.4 Å². The lowest BCUT2D eigenvalue weighted by atomic mass is 10.3. The maximum atomic E-state index is 11.1. The SMILES string of the molecule is CCOC(=O)CN=C(NC#N)Oc1ccccc1. The number of hydrogen-bond donors (Lipinski definition) is 1. The number of carbonyl (C=O) groups is 1. The summed E-state index contributed by atoms with van der Waals surface area (Å²) in [4.78, 5) is 14.9. The van der Waals surface area contributed by atoms with Crippen molar-refractivity contribution < 1.29 is 14.3 Å². The number of hydrogen-bond acceptors (Lipinski definition) is 5. The molecule has 0 atom stereocenters. The minimum atomic E-state index is -0.480. The maximum absolute atomic E-state index is 11.1. The van der Waals surface area contributed by atoms with Crippen LogP contribution in [0.5, 0.6) is 5.75 Å². The van der Waals surface area contributed by atoms with Gasteiger partial charge in [0.1, 0.15) is 12.3 Å². The van der Waals surface area contributed by atoms with E-state index in [0.717, 1.165) is 0 Å². The highest BCUT2D eigenvalue weighted by molar-refractivity contribution is 5.81. The number of rotatable bonds is 4. The van der Waals surface area contributed by atoms with E-state index < -0.39 is 5.97 Å². The summed E-state index contributed by atoms with van der Waals surface area (Å²) < 4.78 is 10.0. The summed E-state index contributed by atoms with van der Waals surface area (Å²) in [6.07, 6.45) is 1.69. The summed E-state index contributed by atoms with van der Waals surface area (Å²) >= 11 is 0. The molecule has 0 aliphatic rings. The van der Waals surface area contributed by atoms with Crippen molar-refractivity contribution >= 4 is 12.0 Å². The van der Waals surface area contributed by atoms with Gasteiger partial charge >= 0.3 is 12.0 Å². The second-order valence-corrected chi connectivity index (χ2v) is 3.08. The van der Waals surface area contributed by atoms with Gasteiger partial charge in [-0.05, 0) is 19.1 Å². The van der Waals surface area contributed by atoms with E-state index in [1.165, 1.54) is 0 Å². The van der Waals surface area contributed by atoms with Crippen LogP contribution in [0.4, 0.5) is 0 Å². The zero-order valence-corrected chi connectivity index (χ0v) is 9.92. The van der Waals surface area contributed by atoms with Crippen molar-refractivity contribution in [3.05, 3.63) is 30.3 Å². The number of nitrogens with one attached hydrogen (secondary N) is 1. The molecule has 6 heteroatoms. The first-order valence-corrected chi connectivity index (χ1v) is 5.34. The fourth-order valence-corrected chi connectivity index (χ4v) is 1.09. The van der Waals surface area contributed by atoms with Gasteiger partial charge in [-0.15, -0.1) is 0 Å². The molecule has 1 aromatic carbocycles. The van der Waals surface area contributed by atoms with Gasteiger partial charge in [0.15, 0.2) is 6.19 Å². The average molecular weight is 247 g/mol. The Hall–Kier alpha value is -2.55. The Kier molecular flexibility index (Phi) is 5.77. The average Bonchev–Trinajstić information content (AvgIpc) is 2.38. The minimum Gasteiger partial charge on any atom is -0.465 e. The van der Waals surface area contributed by atoms with Crippen molar-refractivity contribution in [2.45, 2.75) is 6.92 Å². The van der Waals surface area contributed by atoms with Crippen molar-refractivity contribution in [1.82, 2.24) is 5.32 Å².